The fraction of sp³-hybridized carbons (Fsp3) is 0.421. The number of nitrogens with zero attached hydrogens (tertiary/aromatic N) is 2. The van der Waals surface area contributed by atoms with Crippen LogP contribution in [-0.2, 0) is 27.1 Å². The zero-order chi connectivity index (χ0) is 31.0. The summed E-state index contributed by atoms with van der Waals surface area (Å²) in [4.78, 5) is 9.50. The number of aromatic nitrogens is 2. The Morgan fingerprint density at radius 2 is 1.07 bits per heavy atom. The molecule has 0 N–H and O–H groups in total. The molecule has 6 heteroatoms. The lowest BCUT2D eigenvalue weighted by molar-refractivity contribution is 0.306. The van der Waals surface area contributed by atoms with Gasteiger partial charge in [-0.1, -0.05) is 125 Å². The van der Waals surface area contributed by atoms with E-state index in [9.17, 15) is 8.42 Å². The number of hydrogen-bond acceptors (Lipinski definition) is 5. The molecule has 0 fully saturated rings. The van der Waals surface area contributed by atoms with Crippen molar-refractivity contribution in [3.05, 3.63) is 102 Å². The molecule has 0 amide bonds. The Hall–Kier alpha value is -3.35. The van der Waals surface area contributed by atoms with Crippen LogP contribution < -0.4 is 0 Å². The zero-order valence-corrected chi connectivity index (χ0v) is 27.3. The first-order chi connectivity index (χ1) is 21.4. The van der Waals surface area contributed by atoms with Crippen molar-refractivity contribution in [3.63, 3.8) is 0 Å². The average Bonchev–Trinajstić information content (AvgIpc) is 3.05. The molecule has 0 saturated carbocycles. The van der Waals surface area contributed by atoms with Crippen molar-refractivity contribution in [1.29, 1.82) is 0 Å². The summed E-state index contributed by atoms with van der Waals surface area (Å²) in [6.07, 6.45) is 18.7. The third-order valence-electron chi connectivity index (χ3n) is 8.11. The van der Waals surface area contributed by atoms with Crippen molar-refractivity contribution in [2.24, 2.45) is 0 Å². The average molecular weight is 613 g/mol. The summed E-state index contributed by atoms with van der Waals surface area (Å²) in [5.74, 6) is 0.762. The van der Waals surface area contributed by atoms with Crippen LogP contribution in [0.3, 0.4) is 0 Å². The molecule has 0 radical (unpaired) electrons. The molecule has 234 valence electrons. The Kier molecular flexibility index (Phi) is 13.6. The van der Waals surface area contributed by atoms with Gasteiger partial charge in [-0.3, -0.25) is 4.18 Å². The van der Waals surface area contributed by atoms with Crippen molar-refractivity contribution < 1.29 is 12.6 Å². The lowest BCUT2D eigenvalue weighted by Crippen LogP contribution is -2.07. The van der Waals surface area contributed by atoms with Crippen LogP contribution in [0.2, 0.25) is 0 Å². The third kappa shape index (κ3) is 11.0. The van der Waals surface area contributed by atoms with Crippen LogP contribution in [0.15, 0.2) is 90.1 Å². The summed E-state index contributed by atoms with van der Waals surface area (Å²) in [6.45, 7) is 4.42. The highest BCUT2D eigenvalue weighted by Crippen LogP contribution is 2.24. The molecule has 0 aliphatic carbocycles. The van der Waals surface area contributed by atoms with Gasteiger partial charge in [-0.2, -0.15) is 8.42 Å². The van der Waals surface area contributed by atoms with Crippen LogP contribution in [0, 0.1) is 6.92 Å². The predicted molar refractivity (Wildman–Crippen MR) is 181 cm³/mol. The summed E-state index contributed by atoms with van der Waals surface area (Å²) >= 11 is 0. The molecule has 4 rings (SSSR count). The second-order valence-electron chi connectivity index (χ2n) is 11.8. The Morgan fingerprint density at radius 1 is 0.568 bits per heavy atom. The van der Waals surface area contributed by atoms with Gasteiger partial charge in [0, 0.05) is 18.0 Å². The van der Waals surface area contributed by atoms with Gasteiger partial charge in [0.25, 0.3) is 10.1 Å². The van der Waals surface area contributed by atoms with E-state index in [4.69, 9.17) is 4.18 Å². The number of rotatable bonds is 19. The summed E-state index contributed by atoms with van der Waals surface area (Å²) in [6, 6.07) is 24.3. The summed E-state index contributed by atoms with van der Waals surface area (Å²) in [5.41, 5.74) is 7.10. The quantitative estimate of drug-likeness (QED) is 0.0779. The van der Waals surface area contributed by atoms with E-state index in [2.05, 4.69) is 65.4 Å². The molecule has 0 unspecified atom stereocenters. The summed E-state index contributed by atoms with van der Waals surface area (Å²) in [7, 11) is -3.65. The molecule has 1 aromatic heterocycles. The van der Waals surface area contributed by atoms with E-state index in [1.54, 1.807) is 24.3 Å². The fourth-order valence-electron chi connectivity index (χ4n) is 5.32. The normalized spacial score (nSPS) is 11.6. The number of unbranched alkanes of at least 4 members (excludes halogenated alkanes) is 9. The maximum atomic E-state index is 12.2. The van der Waals surface area contributed by atoms with Gasteiger partial charge >= 0.3 is 0 Å². The number of hydrogen-bond donors (Lipinski definition) is 0. The molecular weight excluding hydrogens is 564 g/mol. The van der Waals surface area contributed by atoms with Gasteiger partial charge in [0.1, 0.15) is 0 Å². The maximum Gasteiger partial charge on any atom is 0.296 e. The van der Waals surface area contributed by atoms with Gasteiger partial charge in [0.15, 0.2) is 5.82 Å². The highest BCUT2D eigenvalue weighted by molar-refractivity contribution is 7.86. The molecule has 0 atom stereocenters. The van der Waals surface area contributed by atoms with E-state index in [0.717, 1.165) is 61.9 Å². The van der Waals surface area contributed by atoms with Crippen molar-refractivity contribution in [2.45, 2.75) is 102 Å². The minimum absolute atomic E-state index is 0.224. The molecule has 4 aromatic rings. The Morgan fingerprint density at radius 3 is 1.68 bits per heavy atom. The Balaban J connectivity index is 1.09. The van der Waals surface area contributed by atoms with E-state index in [-0.39, 0.29) is 11.5 Å². The van der Waals surface area contributed by atoms with Crippen LogP contribution in [0.4, 0.5) is 0 Å². The molecular formula is C38H48N2O3S. The second kappa shape index (κ2) is 17.8. The molecule has 1 heterocycles. The minimum atomic E-state index is -3.65. The van der Waals surface area contributed by atoms with Crippen LogP contribution in [0.1, 0.15) is 94.2 Å². The van der Waals surface area contributed by atoms with Crippen molar-refractivity contribution in [1.82, 2.24) is 9.97 Å². The number of benzene rings is 3. The first-order valence-corrected chi connectivity index (χ1v) is 17.8. The topological polar surface area (TPSA) is 69.2 Å². The summed E-state index contributed by atoms with van der Waals surface area (Å²) < 4.78 is 29.7. The van der Waals surface area contributed by atoms with E-state index in [0.29, 0.717) is 0 Å². The molecule has 0 spiro atoms. The first-order valence-electron chi connectivity index (χ1n) is 16.4. The molecule has 0 saturated heterocycles. The lowest BCUT2D eigenvalue weighted by Gasteiger charge is -2.07. The maximum absolute atomic E-state index is 12.2. The molecule has 0 bridgehead atoms. The third-order valence-corrected chi connectivity index (χ3v) is 9.44. The minimum Gasteiger partial charge on any atom is -0.266 e. The van der Waals surface area contributed by atoms with E-state index in [1.807, 2.05) is 19.3 Å². The van der Waals surface area contributed by atoms with Gasteiger partial charge in [0.2, 0.25) is 0 Å². The molecule has 5 nitrogen and oxygen atoms in total. The van der Waals surface area contributed by atoms with Crippen LogP contribution >= 0.6 is 0 Å². The predicted octanol–water partition coefficient (Wildman–Crippen LogP) is 9.92. The van der Waals surface area contributed by atoms with Crippen molar-refractivity contribution in [2.75, 3.05) is 6.61 Å². The highest BCUT2D eigenvalue weighted by Gasteiger charge is 2.14. The van der Waals surface area contributed by atoms with Crippen LogP contribution in [-0.4, -0.2) is 25.0 Å². The van der Waals surface area contributed by atoms with Crippen LogP contribution in [0.25, 0.3) is 22.5 Å². The van der Waals surface area contributed by atoms with Gasteiger partial charge in [-0.15, -0.1) is 0 Å². The molecule has 0 aliphatic rings. The molecule has 44 heavy (non-hydrogen) atoms. The summed E-state index contributed by atoms with van der Waals surface area (Å²) in [5, 5.41) is 0. The molecule has 0 aliphatic heterocycles. The standard InChI is InChI=1S/C38H48N2O3S/c1-3-4-5-11-14-32-18-20-34(21-19-32)35-22-24-36(25-23-35)38-39-29-33(30-40-38)15-12-9-7-6-8-10-13-28-43-44(41,42)37-26-16-31(2)17-27-37/h16-27,29-30H,3-15,28H2,1-2H3. The Labute approximate surface area is 265 Å². The zero-order valence-electron chi connectivity index (χ0n) is 26.5. The van der Waals surface area contributed by atoms with E-state index >= 15 is 0 Å². The monoisotopic (exact) mass is 612 g/mol. The second-order valence-corrected chi connectivity index (χ2v) is 13.4. The van der Waals surface area contributed by atoms with Gasteiger partial charge < -0.3 is 0 Å². The van der Waals surface area contributed by atoms with Crippen LogP contribution in [0.5, 0.6) is 0 Å². The Bertz CT molecular complexity index is 1480. The smallest absolute Gasteiger partial charge is 0.266 e. The van der Waals surface area contributed by atoms with E-state index in [1.165, 1.54) is 60.8 Å². The number of aryl methyl sites for hydroxylation is 3. The van der Waals surface area contributed by atoms with Gasteiger partial charge in [-0.05, 0) is 73.4 Å². The SMILES string of the molecule is CCCCCCc1ccc(-c2ccc(-c3ncc(CCCCCCCCCOS(=O)(=O)c4ccc(C)cc4)cn3)cc2)cc1. The highest BCUT2D eigenvalue weighted by atomic mass is 32.2. The fourth-order valence-corrected chi connectivity index (χ4v) is 6.26. The largest absolute Gasteiger partial charge is 0.296 e. The first kappa shape index (κ1) is 33.5. The lowest BCUT2D eigenvalue weighted by atomic mass is 10.00. The van der Waals surface area contributed by atoms with Gasteiger partial charge in [-0.25, -0.2) is 9.97 Å². The van der Waals surface area contributed by atoms with Crippen molar-refractivity contribution >= 4 is 10.1 Å². The molecule has 3 aromatic carbocycles. The van der Waals surface area contributed by atoms with Crippen molar-refractivity contribution in [3.8, 4) is 22.5 Å². The van der Waals surface area contributed by atoms with Gasteiger partial charge in [0.05, 0.1) is 11.5 Å². The van der Waals surface area contributed by atoms with E-state index < -0.39 is 10.1 Å².